The zero-order valence-electron chi connectivity index (χ0n) is 10.9. The molecule has 1 aromatic heterocycles. The number of carbonyl (C=O) groups excluding carboxylic acids is 1. The highest BCUT2D eigenvalue weighted by atomic mass is 16.5. The Balaban J connectivity index is 2.16. The molecule has 19 heavy (non-hydrogen) atoms. The van der Waals surface area contributed by atoms with Gasteiger partial charge in [-0.1, -0.05) is 0 Å². The highest BCUT2D eigenvalue weighted by Gasteiger charge is 2.19. The molecular formula is C13H18N2O4. The van der Waals surface area contributed by atoms with Crippen molar-refractivity contribution in [1.29, 1.82) is 0 Å². The molecule has 1 saturated heterocycles. The van der Waals surface area contributed by atoms with E-state index in [1.165, 1.54) is 13.2 Å². The van der Waals surface area contributed by atoms with Crippen LogP contribution in [0.4, 0.5) is 0 Å². The molecule has 0 amide bonds. The van der Waals surface area contributed by atoms with Gasteiger partial charge in [0.2, 0.25) is 0 Å². The van der Waals surface area contributed by atoms with Gasteiger partial charge in [-0.05, 0) is 31.4 Å². The van der Waals surface area contributed by atoms with Gasteiger partial charge in [0.05, 0.1) is 25.1 Å². The average molecular weight is 266 g/mol. The Morgan fingerprint density at radius 2 is 2.53 bits per heavy atom. The van der Waals surface area contributed by atoms with Crippen molar-refractivity contribution in [1.82, 2.24) is 9.78 Å². The second kappa shape index (κ2) is 6.49. The minimum atomic E-state index is -0.436. The van der Waals surface area contributed by atoms with Crippen LogP contribution in [0.25, 0.3) is 6.08 Å². The third kappa shape index (κ3) is 3.42. The number of carbonyl (C=O) groups is 1. The summed E-state index contributed by atoms with van der Waals surface area (Å²) in [6.07, 6.45) is 5.76. The van der Waals surface area contributed by atoms with Gasteiger partial charge in [0.15, 0.2) is 6.23 Å². The van der Waals surface area contributed by atoms with Gasteiger partial charge in [-0.2, -0.15) is 5.10 Å². The minimum absolute atomic E-state index is 0.112. The molecule has 1 aliphatic rings. The smallest absolute Gasteiger partial charge is 0.330 e. The zero-order valence-corrected chi connectivity index (χ0v) is 10.9. The summed E-state index contributed by atoms with van der Waals surface area (Å²) in [5.74, 6) is -0.436. The standard InChI is InChI=1S/C13H18N2O4/c1-18-13(17)6-5-10-8-11(9-16)15(14-10)12-4-2-3-7-19-12/h5-6,8,12,16H,2-4,7,9H2,1H3/b6-5+. The predicted octanol–water partition coefficient (Wildman–Crippen LogP) is 1.26. The molecule has 0 radical (unpaired) electrons. The molecule has 6 heteroatoms. The number of ether oxygens (including phenoxy) is 2. The highest BCUT2D eigenvalue weighted by molar-refractivity contribution is 5.86. The lowest BCUT2D eigenvalue weighted by molar-refractivity contribution is -0.134. The Bertz CT molecular complexity index is 461. The first-order valence-corrected chi connectivity index (χ1v) is 6.31. The number of hydrogen-bond donors (Lipinski definition) is 1. The number of aliphatic hydroxyl groups excluding tert-OH is 1. The molecule has 1 N–H and O–H groups in total. The lowest BCUT2D eigenvalue weighted by Gasteiger charge is -2.24. The van der Waals surface area contributed by atoms with Crippen LogP contribution in [-0.4, -0.2) is 34.6 Å². The molecule has 1 unspecified atom stereocenters. The van der Waals surface area contributed by atoms with Gasteiger partial charge in [0.1, 0.15) is 0 Å². The first kappa shape index (κ1) is 13.8. The fourth-order valence-electron chi connectivity index (χ4n) is 2.04. The van der Waals surface area contributed by atoms with Crippen molar-refractivity contribution in [2.75, 3.05) is 13.7 Å². The van der Waals surface area contributed by atoms with Crippen molar-refractivity contribution in [2.24, 2.45) is 0 Å². The Morgan fingerprint density at radius 3 is 3.16 bits per heavy atom. The Labute approximate surface area is 111 Å². The fraction of sp³-hybridized carbons (Fsp3) is 0.538. The van der Waals surface area contributed by atoms with Crippen LogP contribution in [0.15, 0.2) is 12.1 Å². The van der Waals surface area contributed by atoms with Crippen molar-refractivity contribution in [2.45, 2.75) is 32.1 Å². The lowest BCUT2D eigenvalue weighted by atomic mass is 10.2. The van der Waals surface area contributed by atoms with E-state index in [0.717, 1.165) is 19.3 Å². The Hall–Kier alpha value is -1.66. The molecule has 6 nitrogen and oxygen atoms in total. The van der Waals surface area contributed by atoms with Crippen molar-refractivity contribution in [3.05, 3.63) is 23.5 Å². The van der Waals surface area contributed by atoms with Gasteiger partial charge in [-0.3, -0.25) is 0 Å². The summed E-state index contributed by atoms with van der Waals surface area (Å²) >= 11 is 0. The van der Waals surface area contributed by atoms with E-state index in [1.807, 2.05) is 0 Å². The summed E-state index contributed by atoms with van der Waals surface area (Å²) in [7, 11) is 1.32. The number of aromatic nitrogens is 2. The van der Waals surface area contributed by atoms with Gasteiger partial charge in [-0.15, -0.1) is 0 Å². The molecule has 2 heterocycles. The van der Waals surface area contributed by atoms with E-state index < -0.39 is 5.97 Å². The molecule has 1 atom stereocenters. The Kier molecular flexibility index (Phi) is 4.70. The molecule has 0 aromatic carbocycles. The summed E-state index contributed by atoms with van der Waals surface area (Å²) in [6, 6.07) is 1.73. The monoisotopic (exact) mass is 266 g/mol. The molecule has 1 aliphatic heterocycles. The average Bonchev–Trinajstić information content (AvgIpc) is 2.89. The van der Waals surface area contributed by atoms with E-state index in [9.17, 15) is 9.90 Å². The van der Waals surface area contributed by atoms with E-state index in [0.29, 0.717) is 18.0 Å². The second-order valence-corrected chi connectivity index (χ2v) is 4.34. The van der Waals surface area contributed by atoms with E-state index in [1.54, 1.807) is 16.8 Å². The normalized spacial score (nSPS) is 19.8. The van der Waals surface area contributed by atoms with Crippen LogP contribution >= 0.6 is 0 Å². The van der Waals surface area contributed by atoms with Crippen molar-refractivity contribution >= 4 is 12.0 Å². The second-order valence-electron chi connectivity index (χ2n) is 4.34. The first-order chi connectivity index (χ1) is 9.24. The van der Waals surface area contributed by atoms with E-state index in [-0.39, 0.29) is 12.8 Å². The number of esters is 1. The summed E-state index contributed by atoms with van der Waals surface area (Å²) in [6.45, 7) is 0.599. The summed E-state index contributed by atoms with van der Waals surface area (Å²) in [5.41, 5.74) is 1.28. The van der Waals surface area contributed by atoms with E-state index in [4.69, 9.17) is 4.74 Å². The maximum Gasteiger partial charge on any atom is 0.330 e. The van der Waals surface area contributed by atoms with Crippen LogP contribution in [0, 0.1) is 0 Å². The SMILES string of the molecule is COC(=O)/C=C/c1cc(CO)n(C2CCCCO2)n1. The van der Waals surface area contributed by atoms with Gasteiger partial charge < -0.3 is 14.6 Å². The number of rotatable bonds is 4. The maximum absolute atomic E-state index is 11.0. The fourth-order valence-corrected chi connectivity index (χ4v) is 2.04. The van der Waals surface area contributed by atoms with E-state index >= 15 is 0 Å². The highest BCUT2D eigenvalue weighted by Crippen LogP contribution is 2.24. The summed E-state index contributed by atoms with van der Waals surface area (Å²) in [5, 5.41) is 13.7. The number of methoxy groups -OCH3 is 1. The lowest BCUT2D eigenvalue weighted by Crippen LogP contribution is -2.21. The molecule has 0 saturated carbocycles. The summed E-state index contributed by atoms with van der Waals surface area (Å²) < 4.78 is 11.8. The first-order valence-electron chi connectivity index (χ1n) is 6.31. The molecular weight excluding hydrogens is 248 g/mol. The molecule has 1 fully saturated rings. The third-order valence-electron chi connectivity index (χ3n) is 3.01. The van der Waals surface area contributed by atoms with Crippen LogP contribution in [0.1, 0.15) is 36.9 Å². The van der Waals surface area contributed by atoms with Gasteiger partial charge in [0, 0.05) is 12.7 Å². The van der Waals surface area contributed by atoms with Gasteiger partial charge in [0.25, 0.3) is 0 Å². The Morgan fingerprint density at radius 1 is 1.68 bits per heavy atom. The van der Waals surface area contributed by atoms with Crippen molar-refractivity contribution in [3.63, 3.8) is 0 Å². The van der Waals surface area contributed by atoms with Gasteiger partial charge in [-0.25, -0.2) is 9.48 Å². The predicted molar refractivity (Wildman–Crippen MR) is 68.0 cm³/mol. The van der Waals surface area contributed by atoms with Gasteiger partial charge >= 0.3 is 5.97 Å². The molecule has 0 spiro atoms. The summed E-state index contributed by atoms with van der Waals surface area (Å²) in [4.78, 5) is 11.0. The molecule has 2 rings (SSSR count). The van der Waals surface area contributed by atoms with Crippen LogP contribution in [0.5, 0.6) is 0 Å². The van der Waals surface area contributed by atoms with Crippen LogP contribution < -0.4 is 0 Å². The minimum Gasteiger partial charge on any atom is -0.466 e. The van der Waals surface area contributed by atoms with E-state index in [2.05, 4.69) is 9.84 Å². The third-order valence-corrected chi connectivity index (χ3v) is 3.01. The molecule has 0 aliphatic carbocycles. The molecule has 0 bridgehead atoms. The van der Waals surface area contributed by atoms with Crippen molar-refractivity contribution in [3.8, 4) is 0 Å². The molecule has 104 valence electrons. The van der Waals surface area contributed by atoms with Crippen LogP contribution in [0.3, 0.4) is 0 Å². The van der Waals surface area contributed by atoms with Crippen molar-refractivity contribution < 1.29 is 19.4 Å². The topological polar surface area (TPSA) is 73.6 Å². The largest absolute Gasteiger partial charge is 0.466 e. The molecule has 1 aromatic rings. The zero-order chi connectivity index (χ0) is 13.7. The quantitative estimate of drug-likeness (QED) is 0.656. The maximum atomic E-state index is 11.0. The number of nitrogens with zero attached hydrogens (tertiary/aromatic N) is 2. The van der Waals surface area contributed by atoms with Crippen LogP contribution in [0.2, 0.25) is 0 Å². The number of aliphatic hydroxyl groups is 1. The van der Waals surface area contributed by atoms with Crippen LogP contribution in [-0.2, 0) is 20.9 Å². The number of hydrogen-bond acceptors (Lipinski definition) is 5.